The summed E-state index contributed by atoms with van der Waals surface area (Å²) in [7, 11) is 0. The lowest BCUT2D eigenvalue weighted by Gasteiger charge is -2.59. The number of hydrogen-bond acceptors (Lipinski definition) is 2. The van der Waals surface area contributed by atoms with Crippen molar-refractivity contribution < 1.29 is 5.11 Å². The molecular weight excluding hydrogens is 330 g/mol. The van der Waals surface area contributed by atoms with Crippen molar-refractivity contribution in [2.45, 2.75) is 92.1 Å². The number of aliphatic hydroxyl groups excluding tert-OH is 1. The van der Waals surface area contributed by atoms with Crippen LogP contribution < -0.4 is 0 Å². The molecule has 1 fully saturated rings. The molecule has 0 spiro atoms. The van der Waals surface area contributed by atoms with Crippen LogP contribution in [0.4, 0.5) is 0 Å². The molecule has 4 rings (SSSR count). The molecule has 0 radical (unpaired) electrons. The molecule has 2 nitrogen and oxygen atoms in total. The van der Waals surface area contributed by atoms with E-state index in [1.165, 1.54) is 25.7 Å². The van der Waals surface area contributed by atoms with E-state index in [4.69, 9.17) is 0 Å². The number of nitriles is 1. The Morgan fingerprint density at radius 2 is 1.89 bits per heavy atom. The Labute approximate surface area is 165 Å². The van der Waals surface area contributed by atoms with Crippen LogP contribution in [0.2, 0.25) is 0 Å². The quantitative estimate of drug-likeness (QED) is 0.633. The molecule has 27 heavy (non-hydrogen) atoms. The predicted octanol–water partition coefficient (Wildman–Crippen LogP) is 6.18. The molecule has 0 aromatic rings. The van der Waals surface area contributed by atoms with Gasteiger partial charge in [0.2, 0.25) is 0 Å². The standard InChI is InChI=1S/C25H37NO/c1-16(12-15-26)18-7-8-19-17-6-9-21-23(2,3)22(27)11-14-25(21,5)20(17)10-13-24(18,19)4/h8,16,18,21-22,27H,6-7,9-14H2,1-5H3/t16-,18-,21+,22+,24-,25-/m1/s1. The summed E-state index contributed by atoms with van der Waals surface area (Å²) in [6, 6.07) is 2.41. The van der Waals surface area contributed by atoms with E-state index < -0.39 is 0 Å². The average Bonchev–Trinajstić information content (AvgIpc) is 2.96. The van der Waals surface area contributed by atoms with Gasteiger partial charge >= 0.3 is 0 Å². The summed E-state index contributed by atoms with van der Waals surface area (Å²) in [6.07, 6.45) is 11.1. The maximum atomic E-state index is 10.7. The summed E-state index contributed by atoms with van der Waals surface area (Å²) < 4.78 is 0. The number of hydrogen-bond donors (Lipinski definition) is 1. The van der Waals surface area contributed by atoms with E-state index in [0.717, 1.165) is 19.3 Å². The van der Waals surface area contributed by atoms with Crippen molar-refractivity contribution >= 4 is 0 Å². The zero-order valence-corrected chi connectivity index (χ0v) is 17.9. The lowest BCUT2D eigenvalue weighted by Crippen LogP contribution is -2.53. The zero-order valence-electron chi connectivity index (χ0n) is 17.9. The van der Waals surface area contributed by atoms with Crippen molar-refractivity contribution in [3.63, 3.8) is 0 Å². The maximum Gasteiger partial charge on any atom is 0.0624 e. The highest BCUT2D eigenvalue weighted by atomic mass is 16.3. The number of allylic oxidation sites excluding steroid dienone is 4. The summed E-state index contributed by atoms with van der Waals surface area (Å²) in [5.41, 5.74) is 5.59. The van der Waals surface area contributed by atoms with Crippen molar-refractivity contribution in [1.82, 2.24) is 0 Å². The number of nitrogens with zero attached hydrogens (tertiary/aromatic N) is 1. The molecular formula is C25H37NO. The van der Waals surface area contributed by atoms with Crippen LogP contribution in [0, 0.1) is 45.3 Å². The first-order valence-electron chi connectivity index (χ1n) is 11.1. The lowest BCUT2D eigenvalue weighted by molar-refractivity contribution is -0.0905. The van der Waals surface area contributed by atoms with E-state index in [1.54, 1.807) is 16.7 Å². The van der Waals surface area contributed by atoms with Gasteiger partial charge in [-0.3, -0.25) is 0 Å². The van der Waals surface area contributed by atoms with E-state index in [1.807, 2.05) is 0 Å². The van der Waals surface area contributed by atoms with Gasteiger partial charge in [-0.2, -0.15) is 5.26 Å². The third kappa shape index (κ3) is 2.53. The summed E-state index contributed by atoms with van der Waals surface area (Å²) in [6.45, 7) is 11.9. The van der Waals surface area contributed by atoms with Gasteiger partial charge < -0.3 is 5.11 Å². The summed E-state index contributed by atoms with van der Waals surface area (Å²) in [5.74, 6) is 1.69. The highest BCUT2D eigenvalue weighted by Gasteiger charge is 2.57. The van der Waals surface area contributed by atoms with Gasteiger partial charge in [0, 0.05) is 6.42 Å². The first kappa shape index (κ1) is 19.3. The van der Waals surface area contributed by atoms with Gasteiger partial charge in [0.05, 0.1) is 12.2 Å². The first-order valence-corrected chi connectivity index (χ1v) is 11.1. The molecule has 0 saturated heterocycles. The predicted molar refractivity (Wildman–Crippen MR) is 110 cm³/mol. The molecule has 0 unspecified atom stereocenters. The molecule has 148 valence electrons. The zero-order chi connectivity index (χ0) is 19.6. The number of rotatable bonds is 2. The van der Waals surface area contributed by atoms with Crippen molar-refractivity contribution in [2.75, 3.05) is 0 Å². The Morgan fingerprint density at radius 3 is 2.59 bits per heavy atom. The largest absolute Gasteiger partial charge is 0.393 e. The molecule has 1 saturated carbocycles. The molecule has 0 heterocycles. The van der Waals surface area contributed by atoms with Gasteiger partial charge in [-0.05, 0) is 90.1 Å². The fourth-order valence-electron chi connectivity index (χ4n) is 7.86. The Bertz CT molecular complexity index is 738. The Hall–Kier alpha value is -1.07. The van der Waals surface area contributed by atoms with Crippen molar-refractivity contribution in [2.24, 2.45) is 34.0 Å². The Balaban J connectivity index is 1.71. The van der Waals surface area contributed by atoms with Crippen LogP contribution in [0.3, 0.4) is 0 Å². The first-order chi connectivity index (χ1) is 12.7. The van der Waals surface area contributed by atoms with Crippen LogP contribution >= 0.6 is 0 Å². The molecule has 0 aromatic heterocycles. The Morgan fingerprint density at radius 1 is 1.15 bits per heavy atom. The summed E-state index contributed by atoms with van der Waals surface area (Å²) in [4.78, 5) is 0. The van der Waals surface area contributed by atoms with Crippen LogP contribution in [0.15, 0.2) is 22.8 Å². The van der Waals surface area contributed by atoms with E-state index >= 15 is 0 Å². The fourth-order valence-corrected chi connectivity index (χ4v) is 7.86. The summed E-state index contributed by atoms with van der Waals surface area (Å²) >= 11 is 0. The molecule has 2 heteroatoms. The minimum Gasteiger partial charge on any atom is -0.393 e. The van der Waals surface area contributed by atoms with Crippen LogP contribution in [0.25, 0.3) is 0 Å². The molecule has 0 aromatic carbocycles. The van der Waals surface area contributed by atoms with Gasteiger partial charge in [-0.15, -0.1) is 0 Å². The minimum atomic E-state index is -0.159. The van der Waals surface area contributed by atoms with Crippen LogP contribution in [-0.2, 0) is 0 Å². The molecule has 6 atom stereocenters. The SMILES string of the molecule is C[C@H](CC#N)[C@H]1CC=C2C3=C(CC[C@@]21C)[C@@]1(C)CC[C@H](O)C(C)(C)[C@@H]1CC3. The molecule has 4 aliphatic carbocycles. The van der Waals surface area contributed by atoms with E-state index in [-0.39, 0.29) is 22.3 Å². The average molecular weight is 368 g/mol. The molecule has 0 amide bonds. The minimum absolute atomic E-state index is 0.0141. The van der Waals surface area contributed by atoms with Crippen molar-refractivity contribution in [1.29, 1.82) is 5.26 Å². The lowest BCUT2D eigenvalue weighted by atomic mass is 9.46. The molecule has 0 bridgehead atoms. The van der Waals surface area contributed by atoms with Gasteiger partial charge in [-0.25, -0.2) is 0 Å². The van der Waals surface area contributed by atoms with Gasteiger partial charge in [0.15, 0.2) is 0 Å². The van der Waals surface area contributed by atoms with Crippen molar-refractivity contribution in [3.05, 3.63) is 22.8 Å². The topological polar surface area (TPSA) is 44.0 Å². The van der Waals surface area contributed by atoms with Gasteiger partial charge in [0.25, 0.3) is 0 Å². The Kier molecular flexibility index (Phi) is 4.43. The second-order valence-corrected chi connectivity index (χ2v) is 11.1. The van der Waals surface area contributed by atoms with Crippen molar-refractivity contribution in [3.8, 4) is 6.07 Å². The fraction of sp³-hybridized carbons (Fsp3) is 0.800. The smallest absolute Gasteiger partial charge is 0.0624 e. The molecule has 0 aliphatic heterocycles. The highest BCUT2D eigenvalue weighted by Crippen LogP contribution is 2.66. The maximum absolute atomic E-state index is 10.7. The highest BCUT2D eigenvalue weighted by molar-refractivity contribution is 5.49. The third-order valence-corrected chi connectivity index (χ3v) is 9.53. The van der Waals surface area contributed by atoms with Crippen LogP contribution in [0.5, 0.6) is 0 Å². The molecule has 1 N–H and O–H groups in total. The molecule has 4 aliphatic rings. The third-order valence-electron chi connectivity index (χ3n) is 9.53. The number of aliphatic hydroxyl groups is 1. The van der Waals surface area contributed by atoms with Gasteiger partial charge in [-0.1, -0.05) is 46.3 Å². The number of fused-ring (bicyclic) bond motifs is 4. The van der Waals surface area contributed by atoms with Crippen LogP contribution in [0.1, 0.15) is 86.0 Å². The summed E-state index contributed by atoms with van der Waals surface area (Å²) in [5, 5.41) is 19.9. The van der Waals surface area contributed by atoms with E-state index in [0.29, 0.717) is 24.2 Å². The van der Waals surface area contributed by atoms with Gasteiger partial charge in [0.1, 0.15) is 0 Å². The van der Waals surface area contributed by atoms with E-state index in [9.17, 15) is 10.4 Å². The normalized spacial score (nSPS) is 43.9. The second kappa shape index (κ2) is 6.21. The van der Waals surface area contributed by atoms with E-state index in [2.05, 4.69) is 46.8 Å². The second-order valence-electron chi connectivity index (χ2n) is 11.1. The monoisotopic (exact) mass is 367 g/mol. The van der Waals surface area contributed by atoms with Crippen LogP contribution in [-0.4, -0.2) is 11.2 Å².